The number of carbonyl (C=O) groups is 2. The van der Waals surface area contributed by atoms with Crippen LogP contribution >= 0.6 is 0 Å². The monoisotopic (exact) mass is 335 g/mol. The molecule has 1 aliphatic rings. The molecule has 3 N–H and O–H groups in total. The van der Waals surface area contributed by atoms with Gasteiger partial charge < -0.3 is 14.4 Å². The molecule has 132 valence electrons. The Labute approximate surface area is 142 Å². The van der Waals surface area contributed by atoms with Crippen molar-refractivity contribution in [3.05, 3.63) is 29.8 Å². The fraction of sp³-hybridized carbons (Fsp3) is 0.529. The van der Waals surface area contributed by atoms with Crippen LogP contribution in [0.1, 0.15) is 30.1 Å². The Bertz CT molecular complexity index is 557. The van der Waals surface area contributed by atoms with Gasteiger partial charge in [-0.15, -0.1) is 0 Å². The van der Waals surface area contributed by atoms with Gasteiger partial charge in [-0.3, -0.25) is 15.0 Å². The first-order chi connectivity index (χ1) is 11.7. The molecular formula is C17H25N3O4. The van der Waals surface area contributed by atoms with Crippen LogP contribution in [0.15, 0.2) is 24.3 Å². The zero-order valence-electron chi connectivity index (χ0n) is 14.0. The Morgan fingerprint density at radius 3 is 2.71 bits per heavy atom. The maximum absolute atomic E-state index is 12.6. The average molecular weight is 335 g/mol. The number of hydrazine groups is 1. The Morgan fingerprint density at radius 2 is 2.04 bits per heavy atom. The highest BCUT2D eigenvalue weighted by molar-refractivity contribution is 5.94. The highest BCUT2D eigenvalue weighted by Gasteiger charge is 2.27. The number of nitrogens with one attached hydrogen (secondary N) is 1. The van der Waals surface area contributed by atoms with E-state index in [4.69, 9.17) is 15.3 Å². The molecule has 1 aromatic carbocycles. The molecule has 0 atom stereocenters. The van der Waals surface area contributed by atoms with Crippen molar-refractivity contribution in [2.24, 2.45) is 11.8 Å². The number of ether oxygens (including phenoxy) is 2. The van der Waals surface area contributed by atoms with E-state index in [1.165, 1.54) is 0 Å². The topological polar surface area (TPSA) is 93.9 Å². The lowest BCUT2D eigenvalue weighted by Crippen LogP contribution is -2.44. The van der Waals surface area contributed by atoms with Gasteiger partial charge in [0.2, 0.25) is 5.91 Å². The molecule has 0 bridgehead atoms. The molecule has 0 saturated carbocycles. The van der Waals surface area contributed by atoms with Crippen LogP contribution in [-0.4, -0.2) is 49.6 Å². The zero-order chi connectivity index (χ0) is 17.4. The van der Waals surface area contributed by atoms with Gasteiger partial charge in [-0.1, -0.05) is 6.07 Å². The number of rotatable bonds is 7. The Hall–Kier alpha value is -2.12. The van der Waals surface area contributed by atoms with Crippen molar-refractivity contribution in [3.8, 4) is 5.75 Å². The van der Waals surface area contributed by atoms with Crippen LogP contribution in [0.3, 0.4) is 0 Å². The largest absolute Gasteiger partial charge is 0.491 e. The number of carbonyl (C=O) groups excluding carboxylic acids is 2. The summed E-state index contributed by atoms with van der Waals surface area (Å²) in [5.74, 6) is 5.49. The fourth-order valence-corrected chi connectivity index (χ4v) is 2.73. The summed E-state index contributed by atoms with van der Waals surface area (Å²) in [6, 6.07) is 7.14. The molecule has 0 spiro atoms. The third kappa shape index (κ3) is 4.94. The number of likely N-dealkylation sites (tertiary alicyclic amines) is 1. The van der Waals surface area contributed by atoms with Crippen molar-refractivity contribution >= 4 is 11.8 Å². The van der Waals surface area contributed by atoms with Crippen LogP contribution in [-0.2, 0) is 9.53 Å². The van der Waals surface area contributed by atoms with Crippen LogP contribution in [0.5, 0.6) is 5.75 Å². The second-order valence-electron chi connectivity index (χ2n) is 5.65. The number of amides is 2. The Balaban J connectivity index is 1.89. The summed E-state index contributed by atoms with van der Waals surface area (Å²) in [6.07, 6.45) is 1.25. The molecule has 0 aliphatic carbocycles. The Kier molecular flexibility index (Phi) is 7.02. The summed E-state index contributed by atoms with van der Waals surface area (Å²) in [5.41, 5.74) is 2.77. The van der Waals surface area contributed by atoms with E-state index in [9.17, 15) is 9.59 Å². The van der Waals surface area contributed by atoms with Gasteiger partial charge in [0.05, 0.1) is 6.61 Å². The van der Waals surface area contributed by atoms with Crippen LogP contribution < -0.4 is 16.0 Å². The number of nitrogens with zero attached hydrogens (tertiary/aromatic N) is 1. The van der Waals surface area contributed by atoms with Crippen LogP contribution in [0.4, 0.5) is 0 Å². The summed E-state index contributed by atoms with van der Waals surface area (Å²) in [4.78, 5) is 25.9. The lowest BCUT2D eigenvalue weighted by atomic mass is 9.95. The second kappa shape index (κ2) is 9.24. The SMILES string of the molecule is CCOCCOc1cccc(C(=O)N2CCC(C(=O)NN)CC2)c1. The first kappa shape index (κ1) is 18.2. The number of benzene rings is 1. The lowest BCUT2D eigenvalue weighted by Gasteiger charge is -2.31. The molecule has 2 rings (SSSR count). The molecule has 24 heavy (non-hydrogen) atoms. The quantitative estimate of drug-likeness (QED) is 0.335. The molecule has 1 fully saturated rings. The average Bonchev–Trinajstić information content (AvgIpc) is 2.64. The standard InChI is InChI=1S/C17H25N3O4/c1-2-23-10-11-24-15-5-3-4-14(12-15)17(22)20-8-6-13(7-9-20)16(21)19-18/h3-5,12-13H,2,6-11,18H2,1H3,(H,19,21). The second-order valence-corrected chi connectivity index (χ2v) is 5.65. The minimum atomic E-state index is -0.160. The smallest absolute Gasteiger partial charge is 0.253 e. The van der Waals surface area contributed by atoms with Crippen LogP contribution in [0.2, 0.25) is 0 Å². The van der Waals surface area contributed by atoms with E-state index >= 15 is 0 Å². The van der Waals surface area contributed by atoms with Gasteiger partial charge in [0, 0.05) is 31.2 Å². The highest BCUT2D eigenvalue weighted by atomic mass is 16.5. The van der Waals surface area contributed by atoms with Crippen molar-refractivity contribution in [1.29, 1.82) is 0 Å². The molecule has 1 saturated heterocycles. The summed E-state index contributed by atoms with van der Waals surface area (Å²) >= 11 is 0. The summed E-state index contributed by atoms with van der Waals surface area (Å²) in [5, 5.41) is 0. The summed E-state index contributed by atoms with van der Waals surface area (Å²) in [7, 11) is 0. The van der Waals surface area contributed by atoms with E-state index in [1.54, 1.807) is 23.1 Å². The third-order valence-corrected chi connectivity index (χ3v) is 4.08. The molecule has 0 unspecified atom stereocenters. The lowest BCUT2D eigenvalue weighted by molar-refractivity contribution is -0.126. The zero-order valence-corrected chi connectivity index (χ0v) is 14.0. The molecule has 1 aromatic rings. The Morgan fingerprint density at radius 1 is 1.29 bits per heavy atom. The van der Waals surface area contributed by atoms with Gasteiger partial charge in [0.1, 0.15) is 12.4 Å². The van der Waals surface area contributed by atoms with E-state index in [1.807, 2.05) is 13.0 Å². The number of hydrogen-bond acceptors (Lipinski definition) is 5. The van der Waals surface area contributed by atoms with Gasteiger partial charge >= 0.3 is 0 Å². The van der Waals surface area contributed by atoms with Gasteiger partial charge in [-0.05, 0) is 38.0 Å². The maximum atomic E-state index is 12.6. The van der Waals surface area contributed by atoms with Crippen molar-refractivity contribution in [2.45, 2.75) is 19.8 Å². The van der Waals surface area contributed by atoms with Gasteiger partial charge in [-0.2, -0.15) is 0 Å². The number of nitrogens with two attached hydrogens (primary N) is 1. The van der Waals surface area contributed by atoms with Crippen molar-refractivity contribution in [1.82, 2.24) is 10.3 Å². The summed E-state index contributed by atoms with van der Waals surface area (Å²) < 4.78 is 10.8. The molecule has 0 radical (unpaired) electrons. The van der Waals surface area contributed by atoms with Crippen molar-refractivity contribution in [3.63, 3.8) is 0 Å². The van der Waals surface area contributed by atoms with Crippen LogP contribution in [0, 0.1) is 5.92 Å². The maximum Gasteiger partial charge on any atom is 0.253 e. The number of piperidine rings is 1. The first-order valence-electron chi connectivity index (χ1n) is 8.26. The first-order valence-corrected chi connectivity index (χ1v) is 8.26. The van der Waals surface area contributed by atoms with Gasteiger partial charge in [0.25, 0.3) is 5.91 Å². The molecule has 1 heterocycles. The predicted molar refractivity (Wildman–Crippen MR) is 89.4 cm³/mol. The number of hydrogen-bond donors (Lipinski definition) is 2. The predicted octanol–water partition coefficient (Wildman–Crippen LogP) is 0.944. The molecule has 0 aromatic heterocycles. The fourth-order valence-electron chi connectivity index (χ4n) is 2.73. The summed E-state index contributed by atoms with van der Waals surface area (Å²) in [6.45, 7) is 4.65. The molecule has 2 amide bonds. The molecule has 7 nitrogen and oxygen atoms in total. The minimum absolute atomic E-state index is 0.0446. The van der Waals surface area contributed by atoms with E-state index < -0.39 is 0 Å². The van der Waals surface area contributed by atoms with Gasteiger partial charge in [-0.25, -0.2) is 5.84 Å². The van der Waals surface area contributed by atoms with Crippen molar-refractivity contribution < 1.29 is 19.1 Å². The molecule has 1 aliphatic heterocycles. The van der Waals surface area contributed by atoms with E-state index in [0.29, 0.717) is 57.1 Å². The van der Waals surface area contributed by atoms with Crippen LogP contribution in [0.25, 0.3) is 0 Å². The minimum Gasteiger partial charge on any atom is -0.491 e. The highest BCUT2D eigenvalue weighted by Crippen LogP contribution is 2.21. The molecular weight excluding hydrogens is 310 g/mol. The van der Waals surface area contributed by atoms with E-state index in [-0.39, 0.29) is 17.7 Å². The van der Waals surface area contributed by atoms with E-state index in [2.05, 4.69) is 5.43 Å². The van der Waals surface area contributed by atoms with Gasteiger partial charge in [0.15, 0.2) is 0 Å². The third-order valence-electron chi connectivity index (χ3n) is 4.08. The normalized spacial score (nSPS) is 15.2. The van der Waals surface area contributed by atoms with E-state index in [0.717, 1.165) is 0 Å². The molecule has 7 heteroatoms. The van der Waals surface area contributed by atoms with Crippen molar-refractivity contribution in [2.75, 3.05) is 32.9 Å².